The van der Waals surface area contributed by atoms with Gasteiger partial charge in [-0.25, -0.2) is 13.6 Å². The predicted molar refractivity (Wildman–Crippen MR) is 113 cm³/mol. The molecule has 1 fully saturated rings. The molecule has 3 rings (SSSR count). The maximum Gasteiger partial charge on any atom is 0.331 e. The van der Waals surface area contributed by atoms with Gasteiger partial charge in [-0.2, -0.15) is 0 Å². The normalized spacial score (nSPS) is 25.5. The molecule has 1 heterocycles. The molecule has 3 unspecified atom stereocenters. The third kappa shape index (κ3) is 4.79. The van der Waals surface area contributed by atoms with Crippen molar-refractivity contribution >= 4 is 17.6 Å². The van der Waals surface area contributed by atoms with Gasteiger partial charge >= 0.3 is 11.9 Å². The van der Waals surface area contributed by atoms with E-state index in [9.17, 15) is 28.6 Å². The molecule has 1 saturated heterocycles. The highest BCUT2D eigenvalue weighted by molar-refractivity contribution is 5.91. The third-order valence-corrected chi connectivity index (χ3v) is 6.68. The molecule has 1 aromatic rings. The summed E-state index contributed by atoms with van der Waals surface area (Å²) in [6.45, 7) is 6.58. The van der Waals surface area contributed by atoms with Crippen LogP contribution in [0.1, 0.15) is 26.7 Å². The van der Waals surface area contributed by atoms with E-state index < -0.39 is 29.1 Å². The standard InChI is InChI=1S/C23H28F2N2O4/c1-15(26-9-11-27(12-10-26)19-5-3-17(24)4-6-19)7-8-23(22(30)31)14-18(25)13-20(16(23)2)21(28)29/h3-6,13-16H,7-12H2,1-2H3,(H,28,29)(H,30,31). The van der Waals surface area contributed by atoms with E-state index in [4.69, 9.17) is 0 Å². The SMILES string of the molecule is CC(CCC1(C(=O)O)C=C(F)C=C(C(=O)O)C1C)N1CCN(c2ccc(F)cc2)CC1. The second-order valence-electron chi connectivity index (χ2n) is 8.39. The molecule has 31 heavy (non-hydrogen) atoms. The van der Waals surface area contributed by atoms with Gasteiger partial charge in [0.1, 0.15) is 11.6 Å². The molecule has 0 saturated carbocycles. The molecule has 0 spiro atoms. The topological polar surface area (TPSA) is 81.1 Å². The largest absolute Gasteiger partial charge is 0.481 e. The van der Waals surface area contributed by atoms with Crippen LogP contribution in [-0.4, -0.2) is 59.3 Å². The van der Waals surface area contributed by atoms with Gasteiger partial charge in [0, 0.05) is 49.4 Å². The molecular weight excluding hydrogens is 406 g/mol. The molecule has 2 N–H and O–H groups in total. The molecule has 1 aliphatic carbocycles. The Bertz CT molecular complexity index is 891. The van der Waals surface area contributed by atoms with Crippen molar-refractivity contribution in [2.24, 2.45) is 11.3 Å². The molecule has 3 atom stereocenters. The van der Waals surface area contributed by atoms with Crippen molar-refractivity contribution in [1.82, 2.24) is 4.90 Å². The number of hydrogen-bond acceptors (Lipinski definition) is 4. The van der Waals surface area contributed by atoms with E-state index in [1.54, 1.807) is 12.1 Å². The Labute approximate surface area is 180 Å². The van der Waals surface area contributed by atoms with Gasteiger partial charge in [0.25, 0.3) is 0 Å². The van der Waals surface area contributed by atoms with E-state index in [1.165, 1.54) is 19.1 Å². The second-order valence-corrected chi connectivity index (χ2v) is 8.39. The zero-order valence-corrected chi connectivity index (χ0v) is 17.7. The number of anilines is 1. The average Bonchev–Trinajstić information content (AvgIpc) is 2.74. The number of aliphatic carboxylic acids is 2. The summed E-state index contributed by atoms with van der Waals surface area (Å²) in [6, 6.07) is 6.43. The quantitative estimate of drug-likeness (QED) is 0.681. The van der Waals surface area contributed by atoms with Crippen LogP contribution in [0.2, 0.25) is 0 Å². The van der Waals surface area contributed by atoms with Gasteiger partial charge in [0.05, 0.1) is 5.41 Å². The lowest BCUT2D eigenvalue weighted by Gasteiger charge is -2.41. The van der Waals surface area contributed by atoms with E-state index in [0.717, 1.165) is 44.0 Å². The van der Waals surface area contributed by atoms with Gasteiger partial charge in [0.2, 0.25) is 0 Å². The number of carbonyl (C=O) groups is 2. The summed E-state index contributed by atoms with van der Waals surface area (Å²) < 4.78 is 27.3. The summed E-state index contributed by atoms with van der Waals surface area (Å²) in [4.78, 5) is 28.0. The van der Waals surface area contributed by atoms with Crippen LogP contribution in [-0.2, 0) is 9.59 Å². The Morgan fingerprint density at radius 2 is 1.74 bits per heavy atom. The van der Waals surface area contributed by atoms with Crippen LogP contribution in [0.15, 0.2) is 47.8 Å². The van der Waals surface area contributed by atoms with Crippen molar-refractivity contribution in [1.29, 1.82) is 0 Å². The number of carboxylic acid groups (broad SMARTS) is 2. The summed E-state index contributed by atoms with van der Waals surface area (Å²) in [6.07, 6.45) is 2.60. The van der Waals surface area contributed by atoms with Crippen molar-refractivity contribution in [2.45, 2.75) is 32.7 Å². The van der Waals surface area contributed by atoms with Crippen LogP contribution in [0.5, 0.6) is 0 Å². The Balaban J connectivity index is 1.63. The van der Waals surface area contributed by atoms with E-state index in [0.29, 0.717) is 6.42 Å². The van der Waals surface area contributed by atoms with Gasteiger partial charge in [0.15, 0.2) is 0 Å². The number of carboxylic acids is 2. The highest BCUT2D eigenvalue weighted by Crippen LogP contribution is 2.44. The molecule has 0 bridgehead atoms. The van der Waals surface area contributed by atoms with Crippen molar-refractivity contribution in [3.8, 4) is 0 Å². The molecule has 6 nitrogen and oxygen atoms in total. The predicted octanol–water partition coefficient (Wildman–Crippen LogP) is 3.70. The molecule has 168 valence electrons. The van der Waals surface area contributed by atoms with Crippen molar-refractivity contribution in [2.75, 3.05) is 31.1 Å². The maximum absolute atomic E-state index is 14.1. The lowest BCUT2D eigenvalue weighted by Crippen LogP contribution is -2.50. The monoisotopic (exact) mass is 434 g/mol. The van der Waals surface area contributed by atoms with E-state index in [2.05, 4.69) is 9.80 Å². The first kappa shape index (κ1) is 22.9. The van der Waals surface area contributed by atoms with E-state index in [-0.39, 0.29) is 23.9 Å². The van der Waals surface area contributed by atoms with Crippen LogP contribution >= 0.6 is 0 Å². The van der Waals surface area contributed by atoms with Gasteiger partial charge in [-0.15, -0.1) is 0 Å². The fourth-order valence-electron chi connectivity index (χ4n) is 4.56. The van der Waals surface area contributed by atoms with Gasteiger partial charge in [-0.1, -0.05) is 6.92 Å². The highest BCUT2D eigenvalue weighted by Gasteiger charge is 2.47. The molecule has 0 amide bonds. The fraction of sp³-hybridized carbons (Fsp3) is 0.478. The first-order chi connectivity index (χ1) is 14.6. The fourth-order valence-corrected chi connectivity index (χ4v) is 4.56. The maximum atomic E-state index is 14.1. The Kier molecular flexibility index (Phi) is 6.79. The Hall–Kier alpha value is -2.74. The van der Waals surface area contributed by atoms with Crippen molar-refractivity contribution in [3.63, 3.8) is 0 Å². The Morgan fingerprint density at radius 3 is 2.29 bits per heavy atom. The third-order valence-electron chi connectivity index (χ3n) is 6.68. The number of allylic oxidation sites excluding steroid dienone is 2. The van der Waals surface area contributed by atoms with Crippen LogP contribution in [0.3, 0.4) is 0 Å². The summed E-state index contributed by atoms with van der Waals surface area (Å²) in [5.74, 6) is -4.45. The van der Waals surface area contributed by atoms with Crippen LogP contribution in [0.25, 0.3) is 0 Å². The lowest BCUT2D eigenvalue weighted by molar-refractivity contribution is -0.149. The van der Waals surface area contributed by atoms with Crippen molar-refractivity contribution < 1.29 is 28.6 Å². The minimum atomic E-state index is -1.59. The number of rotatable bonds is 7. The minimum Gasteiger partial charge on any atom is -0.481 e. The summed E-state index contributed by atoms with van der Waals surface area (Å²) in [5, 5.41) is 19.3. The van der Waals surface area contributed by atoms with Crippen LogP contribution in [0.4, 0.5) is 14.5 Å². The molecule has 8 heteroatoms. The van der Waals surface area contributed by atoms with Crippen LogP contribution in [0, 0.1) is 17.2 Å². The Morgan fingerprint density at radius 1 is 1.13 bits per heavy atom. The summed E-state index contributed by atoms with van der Waals surface area (Å²) in [7, 11) is 0. The minimum absolute atomic E-state index is 0.0504. The first-order valence-electron chi connectivity index (χ1n) is 10.5. The number of hydrogen-bond donors (Lipinski definition) is 2. The smallest absolute Gasteiger partial charge is 0.331 e. The first-order valence-corrected chi connectivity index (χ1v) is 10.5. The molecule has 1 aliphatic heterocycles. The highest BCUT2D eigenvalue weighted by atomic mass is 19.1. The number of halogens is 2. The zero-order valence-electron chi connectivity index (χ0n) is 17.7. The zero-order chi connectivity index (χ0) is 22.8. The van der Waals surface area contributed by atoms with Crippen molar-refractivity contribution in [3.05, 3.63) is 53.6 Å². The molecule has 0 radical (unpaired) electrons. The van der Waals surface area contributed by atoms with E-state index in [1.807, 2.05) is 6.92 Å². The van der Waals surface area contributed by atoms with Gasteiger partial charge in [-0.3, -0.25) is 9.69 Å². The number of benzene rings is 1. The number of piperazine rings is 1. The van der Waals surface area contributed by atoms with E-state index >= 15 is 0 Å². The second kappa shape index (κ2) is 9.18. The molecular formula is C23H28F2N2O4. The molecule has 2 aliphatic rings. The van der Waals surface area contributed by atoms with Crippen LogP contribution < -0.4 is 4.90 Å². The number of nitrogens with zero attached hydrogens (tertiary/aromatic N) is 2. The molecule has 0 aromatic heterocycles. The lowest BCUT2D eigenvalue weighted by atomic mass is 9.66. The summed E-state index contributed by atoms with van der Waals surface area (Å²) in [5.41, 5.74) is -0.845. The summed E-state index contributed by atoms with van der Waals surface area (Å²) >= 11 is 0. The van der Waals surface area contributed by atoms with Gasteiger partial charge in [-0.05, 0) is 56.2 Å². The van der Waals surface area contributed by atoms with Gasteiger partial charge < -0.3 is 15.1 Å². The molecule has 1 aromatic carbocycles. The average molecular weight is 434 g/mol.